The van der Waals surface area contributed by atoms with Crippen LogP contribution in [0.1, 0.15) is 50.8 Å². The molecule has 2 unspecified atom stereocenters. The van der Waals surface area contributed by atoms with Gasteiger partial charge >= 0.3 is 0 Å². The number of hydrogen-bond acceptors (Lipinski definition) is 3. The summed E-state index contributed by atoms with van der Waals surface area (Å²) in [7, 11) is 0. The third kappa shape index (κ3) is 3.30. The van der Waals surface area contributed by atoms with Gasteiger partial charge in [-0.15, -0.1) is 0 Å². The quantitative estimate of drug-likeness (QED) is 0.827. The molecule has 17 heavy (non-hydrogen) atoms. The number of aryl methyl sites for hydroxylation is 1. The average Bonchev–Trinajstić information content (AvgIpc) is 2.99. The van der Waals surface area contributed by atoms with Gasteiger partial charge in [-0.05, 0) is 45.1 Å². The second-order valence-corrected chi connectivity index (χ2v) is 4.65. The van der Waals surface area contributed by atoms with Gasteiger partial charge in [0.2, 0.25) is 0 Å². The van der Waals surface area contributed by atoms with Gasteiger partial charge in [0.1, 0.15) is 0 Å². The Hall–Kier alpha value is -0.870. The summed E-state index contributed by atoms with van der Waals surface area (Å²) in [6.45, 7) is 3.76. The Labute approximate surface area is 103 Å². The summed E-state index contributed by atoms with van der Waals surface area (Å²) in [5.41, 5.74) is 0.930. The molecule has 2 atom stereocenters. The maximum atomic E-state index is 10.1. The lowest BCUT2D eigenvalue weighted by atomic mass is 10.1. The van der Waals surface area contributed by atoms with Crippen LogP contribution in [0.15, 0.2) is 12.3 Å². The minimum Gasteiger partial charge on any atom is -0.387 e. The highest BCUT2D eigenvalue weighted by molar-refractivity contribution is 5.04. The van der Waals surface area contributed by atoms with Gasteiger partial charge in [-0.3, -0.25) is 4.68 Å². The van der Waals surface area contributed by atoms with Crippen molar-refractivity contribution in [1.29, 1.82) is 0 Å². The smallest absolute Gasteiger partial charge is 0.0956 e. The Bertz CT molecular complexity index is 332. The van der Waals surface area contributed by atoms with Gasteiger partial charge in [0.15, 0.2) is 0 Å². The third-order valence-corrected chi connectivity index (χ3v) is 3.42. The van der Waals surface area contributed by atoms with Crippen LogP contribution in [0.3, 0.4) is 0 Å². The molecule has 0 spiro atoms. The van der Waals surface area contributed by atoms with Crippen molar-refractivity contribution in [1.82, 2.24) is 9.78 Å². The van der Waals surface area contributed by atoms with Gasteiger partial charge in [0.25, 0.3) is 0 Å². The highest BCUT2D eigenvalue weighted by atomic mass is 16.5. The molecule has 4 heteroatoms. The molecule has 1 aliphatic rings. The van der Waals surface area contributed by atoms with Crippen LogP contribution in [0.4, 0.5) is 0 Å². The first kappa shape index (κ1) is 12.6. The van der Waals surface area contributed by atoms with Crippen molar-refractivity contribution < 1.29 is 9.84 Å². The van der Waals surface area contributed by atoms with Gasteiger partial charge in [0, 0.05) is 19.3 Å². The summed E-state index contributed by atoms with van der Waals surface area (Å²) < 4.78 is 7.43. The van der Waals surface area contributed by atoms with E-state index in [1.165, 1.54) is 12.8 Å². The molecule has 4 nitrogen and oxygen atoms in total. The first-order chi connectivity index (χ1) is 8.31. The van der Waals surface area contributed by atoms with Crippen molar-refractivity contribution in [2.45, 2.75) is 57.8 Å². The van der Waals surface area contributed by atoms with E-state index in [1.54, 1.807) is 6.20 Å². The fourth-order valence-electron chi connectivity index (χ4n) is 2.45. The highest BCUT2D eigenvalue weighted by Crippen LogP contribution is 2.22. The van der Waals surface area contributed by atoms with E-state index in [9.17, 15) is 5.11 Å². The van der Waals surface area contributed by atoms with E-state index < -0.39 is 0 Å². The molecule has 1 aliphatic heterocycles. The van der Waals surface area contributed by atoms with E-state index in [-0.39, 0.29) is 6.10 Å². The standard InChI is InChI=1S/C13H22N2O2/c1-2-15-12(8-9-14-15)13(16)7-3-5-11-6-4-10-17-11/h8-9,11,13,16H,2-7,10H2,1H3. The number of aliphatic hydroxyl groups is 1. The maximum absolute atomic E-state index is 10.1. The molecular weight excluding hydrogens is 216 g/mol. The van der Waals surface area contributed by atoms with Crippen molar-refractivity contribution in [3.63, 3.8) is 0 Å². The fraction of sp³-hybridized carbons (Fsp3) is 0.769. The van der Waals surface area contributed by atoms with Crippen molar-refractivity contribution in [3.8, 4) is 0 Å². The van der Waals surface area contributed by atoms with Gasteiger partial charge in [-0.25, -0.2) is 0 Å². The normalized spacial score (nSPS) is 21.9. The lowest BCUT2D eigenvalue weighted by Gasteiger charge is -2.14. The number of aliphatic hydroxyl groups excluding tert-OH is 1. The minimum atomic E-state index is -0.390. The lowest BCUT2D eigenvalue weighted by molar-refractivity contribution is 0.0932. The Morgan fingerprint density at radius 2 is 2.53 bits per heavy atom. The predicted molar refractivity (Wildman–Crippen MR) is 65.7 cm³/mol. The molecule has 2 heterocycles. The third-order valence-electron chi connectivity index (χ3n) is 3.42. The molecule has 1 fully saturated rings. The fourth-order valence-corrected chi connectivity index (χ4v) is 2.45. The first-order valence-corrected chi connectivity index (χ1v) is 6.62. The zero-order valence-electron chi connectivity index (χ0n) is 10.5. The SMILES string of the molecule is CCn1nccc1C(O)CCCC1CCCO1. The summed E-state index contributed by atoms with van der Waals surface area (Å²) in [5, 5.41) is 14.3. The Kier molecular flexibility index (Phi) is 4.57. The minimum absolute atomic E-state index is 0.390. The Morgan fingerprint density at radius 1 is 1.65 bits per heavy atom. The summed E-state index contributed by atoms with van der Waals surface area (Å²) in [4.78, 5) is 0. The second kappa shape index (κ2) is 6.17. The molecule has 0 saturated carbocycles. The number of rotatable bonds is 6. The first-order valence-electron chi connectivity index (χ1n) is 6.62. The maximum Gasteiger partial charge on any atom is 0.0956 e. The van der Waals surface area contributed by atoms with Gasteiger partial charge < -0.3 is 9.84 Å². The summed E-state index contributed by atoms with van der Waals surface area (Å²) in [5.74, 6) is 0. The van der Waals surface area contributed by atoms with Gasteiger partial charge in [-0.1, -0.05) is 0 Å². The van der Waals surface area contributed by atoms with Crippen molar-refractivity contribution >= 4 is 0 Å². The molecule has 0 amide bonds. The van der Waals surface area contributed by atoms with E-state index >= 15 is 0 Å². The van der Waals surface area contributed by atoms with Crippen LogP contribution in [-0.4, -0.2) is 27.6 Å². The van der Waals surface area contributed by atoms with E-state index in [1.807, 2.05) is 17.7 Å². The molecule has 0 bridgehead atoms. The molecule has 1 aromatic heterocycles. The van der Waals surface area contributed by atoms with Crippen LogP contribution < -0.4 is 0 Å². The molecule has 2 rings (SSSR count). The molecule has 1 N–H and O–H groups in total. The van der Waals surface area contributed by atoms with Crippen molar-refractivity contribution in [3.05, 3.63) is 18.0 Å². The molecule has 0 aromatic carbocycles. The van der Waals surface area contributed by atoms with E-state index in [4.69, 9.17) is 4.74 Å². The summed E-state index contributed by atoms with van der Waals surface area (Å²) >= 11 is 0. The van der Waals surface area contributed by atoms with Crippen LogP contribution in [0.5, 0.6) is 0 Å². The predicted octanol–water partition coefficient (Wildman–Crippen LogP) is 2.29. The largest absolute Gasteiger partial charge is 0.387 e. The van der Waals surface area contributed by atoms with Crippen molar-refractivity contribution in [2.75, 3.05) is 6.61 Å². The number of aromatic nitrogens is 2. The molecular formula is C13H22N2O2. The zero-order chi connectivity index (χ0) is 12.1. The molecule has 1 aromatic rings. The number of hydrogen-bond donors (Lipinski definition) is 1. The van der Waals surface area contributed by atoms with Crippen LogP contribution in [-0.2, 0) is 11.3 Å². The Balaban J connectivity index is 1.74. The lowest BCUT2D eigenvalue weighted by Crippen LogP contribution is -2.09. The highest BCUT2D eigenvalue weighted by Gasteiger charge is 2.17. The van der Waals surface area contributed by atoms with E-state index in [0.29, 0.717) is 6.10 Å². The van der Waals surface area contributed by atoms with Crippen LogP contribution >= 0.6 is 0 Å². The number of ether oxygens (including phenoxy) is 1. The summed E-state index contributed by atoms with van der Waals surface area (Å²) in [6.07, 6.45) is 7.04. The number of nitrogens with zero attached hydrogens (tertiary/aromatic N) is 2. The van der Waals surface area contributed by atoms with E-state index in [2.05, 4.69) is 5.10 Å². The monoisotopic (exact) mass is 238 g/mol. The molecule has 0 radical (unpaired) electrons. The second-order valence-electron chi connectivity index (χ2n) is 4.65. The zero-order valence-corrected chi connectivity index (χ0v) is 10.5. The van der Waals surface area contributed by atoms with Gasteiger partial charge in [-0.2, -0.15) is 5.10 Å². The van der Waals surface area contributed by atoms with Gasteiger partial charge in [0.05, 0.1) is 17.9 Å². The summed E-state index contributed by atoms with van der Waals surface area (Å²) in [6, 6.07) is 1.90. The topological polar surface area (TPSA) is 47.3 Å². The molecule has 0 aliphatic carbocycles. The van der Waals surface area contributed by atoms with Crippen LogP contribution in [0, 0.1) is 0 Å². The average molecular weight is 238 g/mol. The molecule has 1 saturated heterocycles. The van der Waals surface area contributed by atoms with Crippen LogP contribution in [0.2, 0.25) is 0 Å². The molecule has 96 valence electrons. The van der Waals surface area contributed by atoms with E-state index in [0.717, 1.165) is 38.1 Å². The van der Waals surface area contributed by atoms with Crippen molar-refractivity contribution in [2.24, 2.45) is 0 Å². The van der Waals surface area contributed by atoms with Crippen LogP contribution in [0.25, 0.3) is 0 Å². The Morgan fingerprint density at radius 3 is 3.24 bits per heavy atom.